The van der Waals surface area contributed by atoms with Crippen LogP contribution in [0.25, 0.3) is 10.8 Å². The third-order valence-corrected chi connectivity index (χ3v) is 5.44. The molecule has 0 aliphatic heterocycles. The molecule has 1 heterocycles. The van der Waals surface area contributed by atoms with Crippen LogP contribution in [-0.2, 0) is 19.2 Å². The lowest BCUT2D eigenvalue weighted by atomic mass is 10.1. The van der Waals surface area contributed by atoms with Gasteiger partial charge < -0.3 is 4.57 Å². The zero-order valence-electron chi connectivity index (χ0n) is 14.1. The molecule has 0 spiro atoms. The molecule has 0 fully saturated rings. The van der Waals surface area contributed by atoms with E-state index in [2.05, 4.69) is 81.5 Å². The highest BCUT2D eigenvalue weighted by atomic mass is 32.2. The van der Waals surface area contributed by atoms with Gasteiger partial charge in [-0.15, -0.1) is 10.2 Å². The van der Waals surface area contributed by atoms with Crippen LogP contribution in [0.5, 0.6) is 0 Å². The zero-order chi connectivity index (χ0) is 17.1. The van der Waals surface area contributed by atoms with E-state index in [0.29, 0.717) is 0 Å². The lowest BCUT2D eigenvalue weighted by Gasteiger charge is -2.07. The third-order valence-electron chi connectivity index (χ3n) is 4.37. The first-order valence-corrected chi connectivity index (χ1v) is 9.31. The Morgan fingerprint density at radius 1 is 0.840 bits per heavy atom. The highest BCUT2D eigenvalue weighted by Gasteiger charge is 2.10. The Bertz CT molecular complexity index is 987. The van der Waals surface area contributed by atoms with E-state index in [9.17, 15) is 0 Å². The minimum atomic E-state index is 0.805. The summed E-state index contributed by atoms with van der Waals surface area (Å²) in [5.74, 6) is 1.88. The van der Waals surface area contributed by atoms with Crippen molar-refractivity contribution in [3.8, 4) is 0 Å². The molecular weight excluding hydrogens is 326 g/mol. The normalized spacial score (nSPS) is 11.1. The Morgan fingerprint density at radius 3 is 2.48 bits per heavy atom. The SMILES string of the molecule is Cn1c(Cc2ccccc2)nnc1SCc1cccc2ccccc12. The molecule has 0 aliphatic rings. The van der Waals surface area contributed by atoms with E-state index < -0.39 is 0 Å². The minimum Gasteiger partial charge on any atom is -0.309 e. The van der Waals surface area contributed by atoms with E-state index in [1.807, 2.05) is 13.1 Å². The number of nitrogens with zero attached hydrogens (tertiary/aromatic N) is 3. The topological polar surface area (TPSA) is 30.7 Å². The molecule has 0 bridgehead atoms. The number of rotatable bonds is 5. The molecular formula is C21H19N3S. The van der Waals surface area contributed by atoms with E-state index in [-0.39, 0.29) is 0 Å². The van der Waals surface area contributed by atoms with Crippen molar-refractivity contribution in [1.82, 2.24) is 14.8 Å². The molecule has 4 aromatic rings. The standard InChI is InChI=1S/C21H19N3S/c1-24-20(14-16-8-3-2-4-9-16)22-23-21(24)25-15-18-12-7-11-17-10-5-6-13-19(17)18/h2-13H,14-15H2,1H3. The van der Waals surface area contributed by atoms with Gasteiger partial charge in [-0.2, -0.15) is 0 Å². The molecule has 0 N–H and O–H groups in total. The largest absolute Gasteiger partial charge is 0.309 e. The van der Waals surface area contributed by atoms with Crippen molar-refractivity contribution in [3.63, 3.8) is 0 Å². The van der Waals surface area contributed by atoms with Crippen molar-refractivity contribution < 1.29 is 0 Å². The van der Waals surface area contributed by atoms with Gasteiger partial charge in [-0.25, -0.2) is 0 Å². The maximum atomic E-state index is 4.38. The first-order valence-electron chi connectivity index (χ1n) is 8.33. The number of aromatic nitrogens is 3. The lowest BCUT2D eigenvalue weighted by molar-refractivity contribution is 0.749. The Morgan fingerprint density at radius 2 is 1.60 bits per heavy atom. The van der Waals surface area contributed by atoms with Gasteiger partial charge >= 0.3 is 0 Å². The van der Waals surface area contributed by atoms with Crippen LogP contribution in [0.4, 0.5) is 0 Å². The molecule has 0 saturated carbocycles. The number of fused-ring (bicyclic) bond motifs is 1. The van der Waals surface area contributed by atoms with Gasteiger partial charge in [-0.3, -0.25) is 0 Å². The molecule has 4 heteroatoms. The number of benzene rings is 3. The number of hydrogen-bond donors (Lipinski definition) is 0. The van der Waals surface area contributed by atoms with Crippen LogP contribution >= 0.6 is 11.8 Å². The van der Waals surface area contributed by atoms with Crippen LogP contribution in [0.2, 0.25) is 0 Å². The van der Waals surface area contributed by atoms with E-state index >= 15 is 0 Å². The fourth-order valence-electron chi connectivity index (χ4n) is 2.96. The predicted molar refractivity (Wildman–Crippen MR) is 104 cm³/mol. The van der Waals surface area contributed by atoms with Gasteiger partial charge in [0, 0.05) is 19.2 Å². The van der Waals surface area contributed by atoms with Gasteiger partial charge in [0.1, 0.15) is 5.82 Å². The van der Waals surface area contributed by atoms with Crippen molar-refractivity contribution in [1.29, 1.82) is 0 Å². The van der Waals surface area contributed by atoms with Crippen LogP contribution in [0.3, 0.4) is 0 Å². The molecule has 124 valence electrons. The van der Waals surface area contributed by atoms with Crippen molar-refractivity contribution in [2.75, 3.05) is 0 Å². The minimum absolute atomic E-state index is 0.805. The number of thioether (sulfide) groups is 1. The van der Waals surface area contributed by atoms with E-state index in [1.165, 1.54) is 21.9 Å². The van der Waals surface area contributed by atoms with Gasteiger partial charge in [-0.05, 0) is 21.9 Å². The second-order valence-corrected chi connectivity index (χ2v) is 6.99. The van der Waals surface area contributed by atoms with Gasteiger partial charge in [0.15, 0.2) is 5.16 Å². The molecule has 0 aliphatic carbocycles. The second-order valence-electron chi connectivity index (χ2n) is 6.05. The molecule has 4 rings (SSSR count). The maximum Gasteiger partial charge on any atom is 0.191 e. The predicted octanol–water partition coefficient (Wildman–Crippen LogP) is 4.85. The van der Waals surface area contributed by atoms with Crippen molar-refractivity contribution in [2.45, 2.75) is 17.3 Å². The number of hydrogen-bond acceptors (Lipinski definition) is 3. The maximum absolute atomic E-state index is 4.38. The van der Waals surface area contributed by atoms with E-state index in [4.69, 9.17) is 0 Å². The Labute approximate surface area is 151 Å². The van der Waals surface area contributed by atoms with Gasteiger partial charge in [-0.1, -0.05) is 84.6 Å². The zero-order valence-corrected chi connectivity index (χ0v) is 14.9. The molecule has 1 aromatic heterocycles. The summed E-state index contributed by atoms with van der Waals surface area (Å²) in [6.07, 6.45) is 0.805. The van der Waals surface area contributed by atoms with Gasteiger partial charge in [0.05, 0.1) is 0 Å². The molecule has 0 unspecified atom stereocenters. The molecule has 25 heavy (non-hydrogen) atoms. The summed E-state index contributed by atoms with van der Waals surface area (Å²) >= 11 is 1.74. The second kappa shape index (κ2) is 7.11. The molecule has 0 amide bonds. The summed E-state index contributed by atoms with van der Waals surface area (Å²) < 4.78 is 2.10. The highest BCUT2D eigenvalue weighted by Crippen LogP contribution is 2.26. The lowest BCUT2D eigenvalue weighted by Crippen LogP contribution is -2.00. The first kappa shape index (κ1) is 15.9. The molecule has 0 radical (unpaired) electrons. The summed E-state index contributed by atoms with van der Waals surface area (Å²) in [7, 11) is 2.05. The first-order chi connectivity index (χ1) is 12.3. The van der Waals surface area contributed by atoms with Crippen molar-refractivity contribution >= 4 is 22.5 Å². The summed E-state index contributed by atoms with van der Waals surface area (Å²) in [6, 6.07) is 25.4. The average molecular weight is 345 g/mol. The summed E-state index contributed by atoms with van der Waals surface area (Å²) in [6.45, 7) is 0. The van der Waals surface area contributed by atoms with Crippen molar-refractivity contribution in [3.05, 3.63) is 89.7 Å². The Balaban J connectivity index is 1.52. The molecule has 0 atom stereocenters. The third kappa shape index (κ3) is 3.44. The molecule has 3 aromatic carbocycles. The van der Waals surface area contributed by atoms with Crippen molar-refractivity contribution in [2.24, 2.45) is 7.05 Å². The molecule has 3 nitrogen and oxygen atoms in total. The van der Waals surface area contributed by atoms with Crippen LogP contribution in [0, 0.1) is 0 Å². The quantitative estimate of drug-likeness (QED) is 0.484. The summed E-state index contributed by atoms with van der Waals surface area (Å²) in [5, 5.41) is 12.3. The average Bonchev–Trinajstić information content (AvgIpc) is 3.00. The van der Waals surface area contributed by atoms with E-state index in [1.54, 1.807) is 11.8 Å². The van der Waals surface area contributed by atoms with E-state index in [0.717, 1.165) is 23.2 Å². The Kier molecular flexibility index (Phi) is 4.53. The van der Waals surface area contributed by atoms with Crippen LogP contribution < -0.4 is 0 Å². The summed E-state index contributed by atoms with van der Waals surface area (Å²) in [5.41, 5.74) is 2.58. The monoisotopic (exact) mass is 345 g/mol. The van der Waals surface area contributed by atoms with Crippen LogP contribution in [-0.4, -0.2) is 14.8 Å². The smallest absolute Gasteiger partial charge is 0.191 e. The fourth-order valence-corrected chi connectivity index (χ4v) is 3.90. The van der Waals surface area contributed by atoms with Crippen LogP contribution in [0.15, 0.2) is 78.0 Å². The Hall–Kier alpha value is -2.59. The molecule has 0 saturated heterocycles. The fraction of sp³-hybridized carbons (Fsp3) is 0.143. The highest BCUT2D eigenvalue weighted by molar-refractivity contribution is 7.98. The van der Waals surface area contributed by atoms with Gasteiger partial charge in [0.2, 0.25) is 0 Å². The van der Waals surface area contributed by atoms with Gasteiger partial charge in [0.25, 0.3) is 0 Å². The summed E-state index contributed by atoms with van der Waals surface area (Å²) in [4.78, 5) is 0. The van der Waals surface area contributed by atoms with Crippen LogP contribution in [0.1, 0.15) is 17.0 Å².